The van der Waals surface area contributed by atoms with Crippen molar-refractivity contribution in [2.24, 2.45) is 0 Å². The Balaban J connectivity index is 1.58. The number of nitrogen functional groups attached to an aromatic ring is 1. The first kappa shape index (κ1) is 22.7. The van der Waals surface area contributed by atoms with Crippen molar-refractivity contribution in [2.75, 3.05) is 10.6 Å². The molecule has 6 aromatic rings. The molecule has 1 heterocycles. The lowest BCUT2D eigenvalue weighted by molar-refractivity contribution is 0.0893. The van der Waals surface area contributed by atoms with Crippen molar-refractivity contribution in [3.8, 4) is 0 Å². The van der Waals surface area contributed by atoms with E-state index in [1.165, 1.54) is 4.90 Å². The number of nitrogens with two attached hydrogens (primary N) is 1. The van der Waals surface area contributed by atoms with Crippen molar-refractivity contribution in [2.45, 2.75) is 39.5 Å². The Kier molecular flexibility index (Phi) is 4.66. The zero-order valence-electron chi connectivity index (χ0n) is 21.9. The van der Waals surface area contributed by atoms with Gasteiger partial charge in [0.2, 0.25) is 0 Å². The first-order valence-electron chi connectivity index (χ1n) is 13.2. The summed E-state index contributed by atoms with van der Waals surface area (Å²) < 4.78 is 0. The van der Waals surface area contributed by atoms with E-state index >= 15 is 0 Å². The van der Waals surface area contributed by atoms with Crippen LogP contribution < -0.4 is 10.6 Å². The number of imide groups is 1. The lowest BCUT2D eigenvalue weighted by Gasteiger charge is -2.32. The number of carbonyl (C=O) groups is 2. The minimum atomic E-state index is -0.262. The quantitative estimate of drug-likeness (QED) is 0.116. The molecule has 7 rings (SSSR count). The van der Waals surface area contributed by atoms with Crippen LogP contribution in [0.3, 0.4) is 0 Å². The Morgan fingerprint density at radius 2 is 1.03 bits per heavy atom. The third-order valence-corrected chi connectivity index (χ3v) is 8.25. The molecule has 0 atom stereocenters. The molecule has 1 aliphatic rings. The van der Waals surface area contributed by atoms with Crippen LogP contribution in [0.5, 0.6) is 0 Å². The maximum atomic E-state index is 14.3. The van der Waals surface area contributed by atoms with Crippen LogP contribution in [0.15, 0.2) is 72.8 Å². The summed E-state index contributed by atoms with van der Waals surface area (Å²) in [5.41, 5.74) is 11.0. The van der Waals surface area contributed by atoms with Crippen molar-refractivity contribution in [1.29, 1.82) is 0 Å². The molecule has 0 aliphatic carbocycles. The summed E-state index contributed by atoms with van der Waals surface area (Å²) in [6.07, 6.45) is 0. The number of fused-ring (bicyclic) bond motifs is 2. The van der Waals surface area contributed by atoms with Crippen molar-refractivity contribution in [1.82, 2.24) is 0 Å². The van der Waals surface area contributed by atoms with Crippen molar-refractivity contribution < 1.29 is 9.59 Å². The highest BCUT2D eigenvalue weighted by molar-refractivity contribution is 6.42. The fourth-order valence-corrected chi connectivity index (χ4v) is 6.49. The minimum absolute atomic E-state index is 0.158. The largest absolute Gasteiger partial charge is 0.398 e. The highest BCUT2D eigenvalue weighted by atomic mass is 16.2. The molecule has 4 heteroatoms. The van der Waals surface area contributed by atoms with Crippen LogP contribution in [0.4, 0.5) is 11.4 Å². The Bertz CT molecular complexity index is 1890. The van der Waals surface area contributed by atoms with Crippen LogP contribution in [0.2, 0.25) is 0 Å². The van der Waals surface area contributed by atoms with E-state index < -0.39 is 0 Å². The Morgan fingerprint density at radius 3 is 1.61 bits per heavy atom. The van der Waals surface area contributed by atoms with Crippen molar-refractivity contribution >= 4 is 66.3 Å². The average molecular weight is 497 g/mol. The van der Waals surface area contributed by atoms with Crippen LogP contribution in [0.25, 0.3) is 43.1 Å². The lowest BCUT2D eigenvalue weighted by atomic mass is 9.84. The first-order chi connectivity index (χ1) is 18.3. The molecule has 38 heavy (non-hydrogen) atoms. The second-order valence-electron chi connectivity index (χ2n) is 11.0. The summed E-state index contributed by atoms with van der Waals surface area (Å²) in [5, 5.41) is 8.07. The summed E-state index contributed by atoms with van der Waals surface area (Å²) in [6, 6.07) is 24.1. The smallest absolute Gasteiger partial charge is 0.266 e. The molecular weight excluding hydrogens is 468 g/mol. The van der Waals surface area contributed by atoms with Gasteiger partial charge in [0.15, 0.2) is 0 Å². The fraction of sp³-hybridized carbons (Fsp3) is 0.176. The van der Waals surface area contributed by atoms with E-state index in [0.29, 0.717) is 11.1 Å². The van der Waals surface area contributed by atoms with Crippen LogP contribution in [-0.2, 0) is 0 Å². The molecule has 0 spiro atoms. The summed E-state index contributed by atoms with van der Waals surface area (Å²) in [4.78, 5) is 30.0. The maximum absolute atomic E-state index is 14.3. The Hall–Kier alpha value is -4.44. The summed E-state index contributed by atoms with van der Waals surface area (Å²) in [7, 11) is 0. The number of amides is 2. The second kappa shape index (κ2) is 7.78. The molecule has 0 radical (unpaired) electrons. The monoisotopic (exact) mass is 496 g/mol. The Labute approximate surface area is 221 Å². The van der Waals surface area contributed by atoms with Gasteiger partial charge in [-0.2, -0.15) is 0 Å². The molecule has 0 fully saturated rings. The molecule has 4 nitrogen and oxygen atoms in total. The van der Waals surface area contributed by atoms with Crippen molar-refractivity contribution in [3.63, 3.8) is 0 Å². The number of hydrogen-bond donors (Lipinski definition) is 1. The molecule has 186 valence electrons. The number of anilines is 2. The maximum Gasteiger partial charge on any atom is 0.266 e. The zero-order valence-corrected chi connectivity index (χ0v) is 21.9. The highest BCUT2D eigenvalue weighted by Gasteiger charge is 2.37. The van der Waals surface area contributed by atoms with Crippen LogP contribution in [0, 0.1) is 0 Å². The topological polar surface area (TPSA) is 63.4 Å². The van der Waals surface area contributed by atoms with Gasteiger partial charge in [-0.1, -0.05) is 82.3 Å². The summed E-state index contributed by atoms with van der Waals surface area (Å²) in [5.74, 6) is -0.207. The van der Waals surface area contributed by atoms with E-state index in [1.54, 1.807) is 0 Å². The summed E-state index contributed by atoms with van der Waals surface area (Å²) >= 11 is 0. The second-order valence-corrected chi connectivity index (χ2v) is 11.0. The molecule has 6 aromatic carbocycles. The van der Waals surface area contributed by atoms with Gasteiger partial charge < -0.3 is 5.73 Å². The molecule has 0 unspecified atom stereocenters. The number of nitrogens with zero attached hydrogens (tertiary/aromatic N) is 1. The van der Waals surface area contributed by atoms with E-state index in [2.05, 4.69) is 45.9 Å². The van der Waals surface area contributed by atoms with Gasteiger partial charge in [-0.05, 0) is 73.5 Å². The number of benzene rings is 6. The molecule has 0 bridgehead atoms. The highest BCUT2D eigenvalue weighted by Crippen LogP contribution is 2.46. The third kappa shape index (κ3) is 2.80. The number of hydrogen-bond acceptors (Lipinski definition) is 3. The van der Waals surface area contributed by atoms with E-state index in [9.17, 15) is 9.59 Å². The predicted octanol–water partition coefficient (Wildman–Crippen LogP) is 8.37. The van der Waals surface area contributed by atoms with Crippen LogP contribution in [0.1, 0.15) is 71.4 Å². The van der Waals surface area contributed by atoms with E-state index in [1.807, 2.05) is 54.6 Å². The lowest BCUT2D eigenvalue weighted by Crippen LogP contribution is -2.41. The van der Waals surface area contributed by atoms with Crippen LogP contribution >= 0.6 is 0 Å². The fourth-order valence-electron chi connectivity index (χ4n) is 6.49. The minimum Gasteiger partial charge on any atom is -0.398 e. The van der Waals surface area contributed by atoms with Gasteiger partial charge in [-0.3, -0.25) is 9.59 Å². The number of para-hydroxylation sites is 1. The molecule has 0 aromatic heterocycles. The first-order valence-corrected chi connectivity index (χ1v) is 13.2. The Morgan fingerprint density at radius 1 is 0.553 bits per heavy atom. The molecule has 0 saturated carbocycles. The van der Waals surface area contributed by atoms with Gasteiger partial charge in [-0.15, -0.1) is 0 Å². The van der Waals surface area contributed by atoms with Gasteiger partial charge in [0, 0.05) is 27.6 Å². The number of carbonyl (C=O) groups excluding carboxylic acids is 2. The van der Waals surface area contributed by atoms with E-state index in [0.717, 1.165) is 65.6 Å². The van der Waals surface area contributed by atoms with E-state index in [4.69, 9.17) is 5.73 Å². The average Bonchev–Trinajstić information content (AvgIpc) is 2.91. The van der Waals surface area contributed by atoms with Crippen LogP contribution in [-0.4, -0.2) is 11.8 Å². The summed E-state index contributed by atoms with van der Waals surface area (Å²) in [6.45, 7) is 8.41. The van der Waals surface area contributed by atoms with Gasteiger partial charge in [-0.25, -0.2) is 4.90 Å². The van der Waals surface area contributed by atoms with Gasteiger partial charge >= 0.3 is 0 Å². The normalized spacial score (nSPS) is 13.9. The molecule has 0 saturated heterocycles. The van der Waals surface area contributed by atoms with Gasteiger partial charge in [0.25, 0.3) is 11.8 Å². The zero-order chi connectivity index (χ0) is 26.5. The van der Waals surface area contributed by atoms with Gasteiger partial charge in [0.05, 0.1) is 5.69 Å². The predicted molar refractivity (Wildman–Crippen MR) is 158 cm³/mol. The standard InChI is InChI=1S/C34H28N2O2/c1-17(2)19-7-5-8-20(18(3)4)32(19)36-33(37)26-13-11-23-21-9-6-10-25-28(35)16-15-22(29(21)25)24-12-14-27(34(36)38)31(26)30(23)24/h5-18H,35H2,1-4H3. The third-order valence-electron chi connectivity index (χ3n) is 8.25. The molecular formula is C34H28N2O2. The van der Waals surface area contributed by atoms with Crippen molar-refractivity contribution in [3.05, 3.63) is 95.1 Å². The van der Waals surface area contributed by atoms with Gasteiger partial charge in [0.1, 0.15) is 0 Å². The number of rotatable bonds is 3. The SMILES string of the molecule is CC(C)c1cccc(C(C)C)c1N1C(=O)c2ccc3c4cccc5c(N)ccc(c6ccc(c2c36)C1=O)c54. The molecule has 2 N–H and O–H groups in total. The van der Waals surface area contributed by atoms with E-state index in [-0.39, 0.29) is 23.7 Å². The molecule has 2 amide bonds. The molecule has 1 aliphatic heterocycles.